The maximum Gasteiger partial charge on any atom is 0.344 e. The Morgan fingerprint density at radius 3 is 2.27 bits per heavy atom. The zero-order valence-electron chi connectivity index (χ0n) is 16.3. The Hall–Kier alpha value is -3.74. The maximum atomic E-state index is 13.0. The fraction of sp³-hybridized carbons (Fsp3) is 0.235. The fourth-order valence-electron chi connectivity index (χ4n) is 2.49. The number of nitrogens with zero attached hydrogens (tertiary/aromatic N) is 3. The van der Waals surface area contributed by atoms with Crippen molar-refractivity contribution >= 4 is 33.3 Å². The minimum absolute atomic E-state index is 0.106. The minimum atomic E-state index is -4.22. The van der Waals surface area contributed by atoms with Gasteiger partial charge >= 0.3 is 5.97 Å². The second kappa shape index (κ2) is 8.73. The third-order valence-electron chi connectivity index (χ3n) is 3.80. The van der Waals surface area contributed by atoms with Crippen LogP contribution in [-0.2, 0) is 14.8 Å². The van der Waals surface area contributed by atoms with Gasteiger partial charge in [0.25, 0.3) is 11.6 Å². The summed E-state index contributed by atoms with van der Waals surface area (Å²) in [5.41, 5.74) is -1.71. The Kier molecular flexibility index (Phi) is 6.56. The lowest BCUT2D eigenvalue weighted by atomic mass is 10.1. The van der Waals surface area contributed by atoms with Gasteiger partial charge in [0.05, 0.1) is 32.5 Å². The summed E-state index contributed by atoms with van der Waals surface area (Å²) in [6, 6.07) is 5.41. The summed E-state index contributed by atoms with van der Waals surface area (Å²) < 4.78 is 39.7. The lowest BCUT2D eigenvalue weighted by Gasteiger charge is -2.22. The number of amides is 1. The average Bonchev–Trinajstić information content (AvgIpc) is 2.71. The highest BCUT2D eigenvalue weighted by molar-refractivity contribution is 7.92. The lowest BCUT2D eigenvalue weighted by molar-refractivity contribution is -0.385. The van der Waals surface area contributed by atoms with Crippen LogP contribution < -0.4 is 13.8 Å². The van der Waals surface area contributed by atoms with Crippen molar-refractivity contribution in [3.05, 3.63) is 51.6 Å². The van der Waals surface area contributed by atoms with Crippen molar-refractivity contribution in [2.75, 3.05) is 31.9 Å². The average molecular weight is 439 g/mol. The highest BCUT2D eigenvalue weighted by Gasteiger charge is 2.32. The molecule has 0 fully saturated rings. The summed E-state index contributed by atoms with van der Waals surface area (Å²) in [4.78, 5) is 39.1. The quantitative estimate of drug-likeness (QED) is 0.351. The molecular weight excluding hydrogens is 422 g/mol. The molecule has 1 aromatic heterocycles. The first-order valence-electron chi connectivity index (χ1n) is 8.05. The molecule has 1 aromatic carbocycles. The Bertz CT molecular complexity index is 1120. The number of carbonyl (C=O) groups excluding carboxylic acids is 2. The van der Waals surface area contributed by atoms with Gasteiger partial charge in [-0.05, 0) is 18.2 Å². The van der Waals surface area contributed by atoms with Crippen LogP contribution in [0, 0.1) is 10.1 Å². The molecule has 30 heavy (non-hydrogen) atoms. The summed E-state index contributed by atoms with van der Waals surface area (Å²) in [6.07, 6.45) is 0.770. The van der Waals surface area contributed by atoms with Crippen LogP contribution in [0.4, 0.5) is 11.4 Å². The molecule has 2 rings (SSSR count). The zero-order chi connectivity index (χ0) is 22.6. The van der Waals surface area contributed by atoms with Crippen LogP contribution in [-0.4, -0.2) is 57.8 Å². The third-order valence-corrected chi connectivity index (χ3v) is 4.82. The number of ether oxygens (including phenoxy) is 3. The molecule has 0 spiro atoms. The largest absolute Gasteiger partial charge is 0.481 e. The van der Waals surface area contributed by atoms with Crippen molar-refractivity contribution in [3.63, 3.8) is 0 Å². The number of anilines is 1. The summed E-state index contributed by atoms with van der Waals surface area (Å²) >= 11 is 0. The number of hydrogen-bond donors (Lipinski definition) is 0. The first-order valence-corrected chi connectivity index (χ1v) is 9.90. The molecule has 1 heterocycles. The number of nitro benzene ring substituents is 1. The molecule has 0 aliphatic heterocycles. The third kappa shape index (κ3) is 4.46. The minimum Gasteiger partial charge on any atom is -0.481 e. The van der Waals surface area contributed by atoms with E-state index in [4.69, 9.17) is 9.47 Å². The molecular formula is C17H17N3O9S. The predicted octanol–water partition coefficient (Wildman–Crippen LogP) is 1.40. The van der Waals surface area contributed by atoms with Gasteiger partial charge in [-0.2, -0.15) is 9.29 Å². The van der Waals surface area contributed by atoms with Crippen molar-refractivity contribution in [3.8, 4) is 11.8 Å². The summed E-state index contributed by atoms with van der Waals surface area (Å²) in [5, 5.41) is 11.3. The van der Waals surface area contributed by atoms with Crippen LogP contribution in [0.3, 0.4) is 0 Å². The number of benzene rings is 1. The highest BCUT2D eigenvalue weighted by atomic mass is 32.2. The number of aromatic nitrogens is 1. The van der Waals surface area contributed by atoms with Crippen LogP contribution in [0.15, 0.2) is 30.3 Å². The first-order chi connectivity index (χ1) is 14.0. The van der Waals surface area contributed by atoms with E-state index in [1.165, 1.54) is 26.4 Å². The second-order valence-electron chi connectivity index (χ2n) is 5.70. The molecule has 0 radical (unpaired) electrons. The molecule has 0 unspecified atom stereocenters. The van der Waals surface area contributed by atoms with Crippen molar-refractivity contribution in [1.29, 1.82) is 0 Å². The molecule has 2 aromatic rings. The first kappa shape index (κ1) is 22.5. The molecule has 1 amide bonds. The number of nitro groups is 1. The molecule has 0 saturated heterocycles. The van der Waals surface area contributed by atoms with Crippen molar-refractivity contribution in [1.82, 2.24) is 4.98 Å². The van der Waals surface area contributed by atoms with Gasteiger partial charge in [0, 0.05) is 17.7 Å². The van der Waals surface area contributed by atoms with Gasteiger partial charge in [-0.15, -0.1) is 0 Å². The van der Waals surface area contributed by atoms with E-state index in [0.29, 0.717) is 4.31 Å². The zero-order valence-corrected chi connectivity index (χ0v) is 17.1. The Balaban J connectivity index is 2.66. The van der Waals surface area contributed by atoms with Crippen molar-refractivity contribution < 1.29 is 37.1 Å². The van der Waals surface area contributed by atoms with Gasteiger partial charge in [0.1, 0.15) is 11.3 Å². The van der Waals surface area contributed by atoms with Crippen LogP contribution in [0.2, 0.25) is 0 Å². The number of methoxy groups -OCH3 is 3. The summed E-state index contributed by atoms with van der Waals surface area (Å²) in [7, 11) is -0.628. The van der Waals surface area contributed by atoms with E-state index in [9.17, 15) is 28.1 Å². The topological polar surface area (TPSA) is 155 Å². The SMILES string of the molecule is COC(=O)c1ccc(C(=O)N(c2ccc(OC)nc2OC)S(C)(=O)=O)cc1[N+](=O)[O-]. The van der Waals surface area contributed by atoms with E-state index >= 15 is 0 Å². The Labute approximate surface area is 171 Å². The maximum absolute atomic E-state index is 13.0. The van der Waals surface area contributed by atoms with E-state index in [2.05, 4.69) is 9.72 Å². The summed E-state index contributed by atoms with van der Waals surface area (Å²) in [5.74, 6) is -2.23. The van der Waals surface area contributed by atoms with Gasteiger partial charge in [-0.3, -0.25) is 14.9 Å². The lowest BCUT2D eigenvalue weighted by Crippen LogP contribution is -2.36. The number of rotatable bonds is 7. The van der Waals surface area contributed by atoms with Gasteiger partial charge in [-0.25, -0.2) is 13.2 Å². The second-order valence-corrected chi connectivity index (χ2v) is 7.53. The normalized spacial score (nSPS) is 10.8. The van der Waals surface area contributed by atoms with Gasteiger partial charge in [-0.1, -0.05) is 0 Å². The number of hydrogen-bond acceptors (Lipinski definition) is 10. The molecule has 0 saturated carbocycles. The van der Waals surface area contributed by atoms with Crippen molar-refractivity contribution in [2.45, 2.75) is 0 Å². The van der Waals surface area contributed by atoms with Crippen LogP contribution in [0.1, 0.15) is 20.7 Å². The van der Waals surface area contributed by atoms with E-state index in [1.54, 1.807) is 0 Å². The predicted molar refractivity (Wildman–Crippen MR) is 103 cm³/mol. The summed E-state index contributed by atoms with van der Waals surface area (Å²) in [6.45, 7) is 0. The van der Waals surface area contributed by atoms with Gasteiger partial charge < -0.3 is 14.2 Å². The number of sulfonamides is 1. The van der Waals surface area contributed by atoms with Gasteiger partial charge in [0.15, 0.2) is 0 Å². The van der Waals surface area contributed by atoms with E-state index < -0.39 is 38.1 Å². The molecule has 160 valence electrons. The number of pyridine rings is 1. The molecule has 0 N–H and O–H groups in total. The molecule has 13 heteroatoms. The van der Waals surface area contributed by atoms with Gasteiger partial charge in [0.2, 0.25) is 21.8 Å². The Morgan fingerprint density at radius 1 is 1.10 bits per heavy atom. The smallest absolute Gasteiger partial charge is 0.344 e. The van der Waals surface area contributed by atoms with Crippen molar-refractivity contribution in [2.24, 2.45) is 0 Å². The van der Waals surface area contributed by atoms with E-state index in [-0.39, 0.29) is 23.0 Å². The highest BCUT2D eigenvalue weighted by Crippen LogP contribution is 2.32. The molecule has 0 aliphatic carbocycles. The van der Waals surface area contributed by atoms with E-state index in [1.807, 2.05) is 0 Å². The fourth-order valence-corrected chi connectivity index (χ4v) is 3.39. The number of esters is 1. The monoisotopic (exact) mass is 439 g/mol. The standard InChI is InChI=1S/C17H17N3O9S/c1-27-14-8-7-12(15(18-14)28-2)19(30(4,25)26)16(21)10-5-6-11(17(22)29-3)13(9-10)20(23)24/h5-9H,1-4H3. The van der Waals surface area contributed by atoms with Crippen LogP contribution in [0.5, 0.6) is 11.8 Å². The van der Waals surface area contributed by atoms with E-state index in [0.717, 1.165) is 31.6 Å². The molecule has 0 bridgehead atoms. The molecule has 0 atom stereocenters. The Morgan fingerprint density at radius 2 is 1.77 bits per heavy atom. The molecule has 0 aliphatic rings. The van der Waals surface area contributed by atoms with Crippen LogP contribution in [0.25, 0.3) is 0 Å². The van der Waals surface area contributed by atoms with Crippen LogP contribution >= 0.6 is 0 Å². The number of carbonyl (C=O) groups is 2. The molecule has 12 nitrogen and oxygen atoms in total.